The predicted octanol–water partition coefficient (Wildman–Crippen LogP) is 4.35. The van der Waals surface area contributed by atoms with Crippen molar-refractivity contribution in [2.75, 3.05) is 0 Å². The van der Waals surface area contributed by atoms with E-state index in [1.165, 1.54) is 0 Å². The zero-order valence-electron chi connectivity index (χ0n) is 14.5. The Labute approximate surface area is 156 Å². The van der Waals surface area contributed by atoms with Crippen molar-refractivity contribution in [2.24, 2.45) is 0 Å². The van der Waals surface area contributed by atoms with Crippen LogP contribution in [-0.4, -0.2) is 38.6 Å². The zero-order valence-corrected chi connectivity index (χ0v) is 16.1. The Kier molecular flexibility index (Phi) is 4.29. The number of benzene rings is 1. The van der Waals surface area contributed by atoms with Crippen LogP contribution in [0.5, 0.6) is 0 Å². The summed E-state index contributed by atoms with van der Waals surface area (Å²) >= 11 is 7.84. The van der Waals surface area contributed by atoms with Crippen molar-refractivity contribution in [3.05, 3.63) is 28.2 Å². The zero-order chi connectivity index (χ0) is 17.8. The number of fused-ring (bicyclic) bond motifs is 3. The number of nitrogens with zero attached hydrogens (tertiary/aromatic N) is 2. The second kappa shape index (κ2) is 6.22. The first-order valence-electron chi connectivity index (χ1n) is 8.98. The summed E-state index contributed by atoms with van der Waals surface area (Å²) in [6.45, 7) is 4.16. The van der Waals surface area contributed by atoms with E-state index in [1.54, 1.807) is 11.3 Å². The summed E-state index contributed by atoms with van der Waals surface area (Å²) in [5.74, 6) is 0.260. The molecule has 1 aromatic heterocycles. The number of carbonyl (C=O) groups is 1. The highest BCUT2D eigenvalue weighted by Crippen LogP contribution is 2.47. The first-order chi connectivity index (χ1) is 11.9. The van der Waals surface area contributed by atoms with Crippen LogP contribution in [0.15, 0.2) is 18.2 Å². The summed E-state index contributed by atoms with van der Waals surface area (Å²) in [5.41, 5.74) is 0.314. The SMILES string of the molecule is CCC1CC2(O)CC(C2)N1C(=O)CC(C)c1nc2c(Cl)cccc2s1. The highest BCUT2D eigenvalue weighted by Gasteiger charge is 2.54. The molecule has 6 heteroatoms. The Balaban J connectivity index is 1.50. The number of carbonyl (C=O) groups excluding carboxylic acids is 1. The fourth-order valence-electron chi connectivity index (χ4n) is 4.36. The van der Waals surface area contributed by atoms with Crippen molar-refractivity contribution in [3.8, 4) is 0 Å². The van der Waals surface area contributed by atoms with Crippen LogP contribution in [0.25, 0.3) is 10.2 Å². The Bertz CT molecular complexity index is 815. The highest BCUT2D eigenvalue weighted by molar-refractivity contribution is 7.18. The van der Waals surface area contributed by atoms with Crippen LogP contribution in [0.1, 0.15) is 56.9 Å². The predicted molar refractivity (Wildman–Crippen MR) is 101 cm³/mol. The molecule has 1 aliphatic carbocycles. The van der Waals surface area contributed by atoms with Crippen LogP contribution in [-0.2, 0) is 4.79 Å². The van der Waals surface area contributed by atoms with Crippen molar-refractivity contribution >= 4 is 39.1 Å². The molecule has 25 heavy (non-hydrogen) atoms. The number of hydrogen-bond acceptors (Lipinski definition) is 4. The second-order valence-corrected chi connectivity index (χ2v) is 9.07. The number of aromatic nitrogens is 1. The van der Waals surface area contributed by atoms with Crippen LogP contribution < -0.4 is 0 Å². The van der Waals surface area contributed by atoms with E-state index >= 15 is 0 Å². The molecule has 1 amide bonds. The third-order valence-corrected chi connectivity index (χ3v) is 7.24. The molecule has 1 N–H and O–H groups in total. The molecule has 0 spiro atoms. The van der Waals surface area contributed by atoms with Gasteiger partial charge in [0, 0.05) is 24.4 Å². The maximum atomic E-state index is 13.0. The smallest absolute Gasteiger partial charge is 0.223 e. The number of amides is 1. The van der Waals surface area contributed by atoms with E-state index in [0.29, 0.717) is 11.4 Å². The Morgan fingerprint density at radius 2 is 2.24 bits per heavy atom. The van der Waals surface area contributed by atoms with Crippen LogP contribution in [0.3, 0.4) is 0 Å². The van der Waals surface area contributed by atoms with Crippen molar-refractivity contribution in [1.82, 2.24) is 9.88 Å². The lowest BCUT2D eigenvalue weighted by Gasteiger charge is -2.58. The third-order valence-electron chi connectivity index (χ3n) is 5.68. The van der Waals surface area contributed by atoms with Crippen LogP contribution in [0.2, 0.25) is 5.02 Å². The van der Waals surface area contributed by atoms with Gasteiger partial charge in [0.05, 0.1) is 20.3 Å². The fourth-order valence-corrected chi connectivity index (χ4v) is 5.68. The average Bonchev–Trinajstić information content (AvgIpc) is 2.99. The largest absolute Gasteiger partial charge is 0.390 e. The number of aliphatic hydroxyl groups is 1. The van der Waals surface area contributed by atoms with Gasteiger partial charge in [-0.15, -0.1) is 11.3 Å². The topological polar surface area (TPSA) is 53.4 Å². The molecule has 2 saturated heterocycles. The molecule has 3 aliphatic rings. The van der Waals surface area contributed by atoms with Crippen LogP contribution >= 0.6 is 22.9 Å². The van der Waals surface area contributed by atoms with Gasteiger partial charge in [-0.2, -0.15) is 0 Å². The van der Waals surface area contributed by atoms with E-state index in [-0.39, 0.29) is 23.9 Å². The molecular formula is C19H23ClN2O2S. The molecular weight excluding hydrogens is 356 g/mol. The molecule has 4 nitrogen and oxygen atoms in total. The van der Waals surface area contributed by atoms with Gasteiger partial charge in [0.1, 0.15) is 5.52 Å². The molecule has 3 fully saturated rings. The highest BCUT2D eigenvalue weighted by atomic mass is 35.5. The third kappa shape index (κ3) is 2.96. The standard InChI is InChI=1S/C19H23ClN2O2S/c1-3-12-8-19(24)9-13(10-19)22(12)16(23)7-11(2)18-21-17-14(20)5-4-6-15(17)25-18/h4-6,11-13,24H,3,7-10H2,1-2H3. The van der Waals surface area contributed by atoms with E-state index in [2.05, 4.69) is 23.7 Å². The summed E-state index contributed by atoms with van der Waals surface area (Å²) in [5, 5.41) is 12.0. The summed E-state index contributed by atoms with van der Waals surface area (Å²) < 4.78 is 1.07. The number of hydrogen-bond donors (Lipinski definition) is 1. The lowest BCUT2D eigenvalue weighted by Crippen LogP contribution is -2.67. The van der Waals surface area contributed by atoms with E-state index in [4.69, 9.17) is 11.6 Å². The van der Waals surface area contributed by atoms with Crippen molar-refractivity contribution < 1.29 is 9.90 Å². The Hall–Kier alpha value is -1.17. The van der Waals surface area contributed by atoms with Gasteiger partial charge < -0.3 is 10.0 Å². The van der Waals surface area contributed by atoms with Gasteiger partial charge in [0.25, 0.3) is 0 Å². The number of halogens is 1. The lowest BCUT2D eigenvalue weighted by atomic mass is 9.66. The number of rotatable bonds is 4. The molecule has 1 saturated carbocycles. The molecule has 2 unspecified atom stereocenters. The average molecular weight is 379 g/mol. The van der Waals surface area contributed by atoms with Crippen molar-refractivity contribution in [2.45, 2.75) is 69.6 Å². The molecule has 1 aromatic carbocycles. The van der Waals surface area contributed by atoms with Crippen molar-refractivity contribution in [3.63, 3.8) is 0 Å². The Morgan fingerprint density at radius 3 is 2.92 bits per heavy atom. The Morgan fingerprint density at radius 1 is 1.48 bits per heavy atom. The van der Waals surface area contributed by atoms with Gasteiger partial charge in [-0.25, -0.2) is 4.98 Å². The molecule has 5 rings (SSSR count). The first kappa shape index (κ1) is 17.3. The normalized spacial score (nSPS) is 29.5. The van der Waals surface area contributed by atoms with Gasteiger partial charge in [0.2, 0.25) is 5.91 Å². The first-order valence-corrected chi connectivity index (χ1v) is 10.2. The summed E-state index contributed by atoms with van der Waals surface area (Å²) in [4.78, 5) is 19.7. The van der Waals surface area contributed by atoms with Gasteiger partial charge in [0.15, 0.2) is 0 Å². The molecule has 2 aromatic rings. The molecule has 0 radical (unpaired) electrons. The number of piperidine rings is 2. The lowest BCUT2D eigenvalue weighted by molar-refractivity contribution is -0.178. The summed E-state index contributed by atoms with van der Waals surface area (Å²) in [6, 6.07) is 6.18. The van der Waals surface area contributed by atoms with Gasteiger partial charge in [-0.1, -0.05) is 31.5 Å². The maximum Gasteiger partial charge on any atom is 0.223 e. The van der Waals surface area contributed by atoms with E-state index in [0.717, 1.165) is 40.9 Å². The monoisotopic (exact) mass is 378 g/mol. The maximum absolute atomic E-state index is 13.0. The summed E-state index contributed by atoms with van der Waals surface area (Å²) in [7, 11) is 0. The minimum atomic E-state index is -0.516. The number of para-hydroxylation sites is 1. The molecule has 2 atom stereocenters. The minimum absolute atomic E-state index is 0.0689. The second-order valence-electron chi connectivity index (χ2n) is 7.60. The van der Waals surface area contributed by atoms with Crippen LogP contribution in [0, 0.1) is 0 Å². The van der Waals surface area contributed by atoms with Gasteiger partial charge >= 0.3 is 0 Å². The van der Waals surface area contributed by atoms with E-state index in [1.807, 2.05) is 18.2 Å². The van der Waals surface area contributed by atoms with Gasteiger partial charge in [-0.05, 0) is 37.8 Å². The quantitative estimate of drug-likeness (QED) is 0.860. The molecule has 134 valence electrons. The van der Waals surface area contributed by atoms with E-state index < -0.39 is 5.60 Å². The summed E-state index contributed by atoms with van der Waals surface area (Å²) in [6.07, 6.45) is 3.55. The molecule has 2 bridgehead atoms. The number of thiazole rings is 1. The molecule has 3 heterocycles. The van der Waals surface area contributed by atoms with Crippen LogP contribution in [0.4, 0.5) is 0 Å². The minimum Gasteiger partial charge on any atom is -0.390 e. The van der Waals surface area contributed by atoms with Gasteiger partial charge in [-0.3, -0.25) is 4.79 Å². The fraction of sp³-hybridized carbons (Fsp3) is 0.579. The van der Waals surface area contributed by atoms with E-state index in [9.17, 15) is 9.90 Å². The molecule has 2 aliphatic heterocycles. The van der Waals surface area contributed by atoms with Crippen molar-refractivity contribution in [1.29, 1.82) is 0 Å².